The van der Waals surface area contributed by atoms with Crippen molar-refractivity contribution >= 4 is 27.5 Å². The standard InChI is InChI=1S/C11H18N2O3S2/c1-8(7-17-3)13-18(14,15)11-5-4-9(16-2)6-10(11)12/h4-6,8,13H,7,12H2,1-3H3. The fraction of sp³-hybridized carbons (Fsp3) is 0.455. The van der Waals surface area contributed by atoms with Crippen LogP contribution in [0.3, 0.4) is 0 Å². The summed E-state index contributed by atoms with van der Waals surface area (Å²) in [5, 5.41) is 0. The maximum absolute atomic E-state index is 12.1. The van der Waals surface area contributed by atoms with Crippen LogP contribution in [0.1, 0.15) is 6.92 Å². The minimum atomic E-state index is -3.58. The Morgan fingerprint density at radius 1 is 1.50 bits per heavy atom. The van der Waals surface area contributed by atoms with Crippen molar-refractivity contribution in [3.05, 3.63) is 18.2 Å². The summed E-state index contributed by atoms with van der Waals surface area (Å²) >= 11 is 1.58. The lowest BCUT2D eigenvalue weighted by atomic mass is 10.3. The number of sulfonamides is 1. The monoisotopic (exact) mass is 290 g/mol. The second-order valence-corrected chi connectivity index (χ2v) is 6.47. The molecule has 0 saturated carbocycles. The van der Waals surface area contributed by atoms with Gasteiger partial charge in [0.1, 0.15) is 10.6 Å². The highest BCUT2D eigenvalue weighted by molar-refractivity contribution is 7.98. The van der Waals surface area contributed by atoms with E-state index >= 15 is 0 Å². The number of rotatable bonds is 6. The molecule has 0 aromatic heterocycles. The molecule has 5 nitrogen and oxygen atoms in total. The van der Waals surface area contributed by atoms with E-state index in [9.17, 15) is 8.42 Å². The predicted molar refractivity (Wildman–Crippen MR) is 75.6 cm³/mol. The van der Waals surface area contributed by atoms with Gasteiger partial charge in [0.05, 0.1) is 12.8 Å². The molecule has 102 valence electrons. The van der Waals surface area contributed by atoms with Gasteiger partial charge in [0.15, 0.2) is 0 Å². The lowest BCUT2D eigenvalue weighted by molar-refractivity contribution is 0.414. The van der Waals surface area contributed by atoms with Crippen LogP contribution in [0.2, 0.25) is 0 Å². The Balaban J connectivity index is 2.98. The number of ether oxygens (including phenoxy) is 1. The van der Waals surface area contributed by atoms with Gasteiger partial charge in [-0.1, -0.05) is 0 Å². The number of nitrogen functional groups attached to an aromatic ring is 1. The molecule has 18 heavy (non-hydrogen) atoms. The van der Waals surface area contributed by atoms with Crippen LogP contribution in [-0.4, -0.2) is 33.6 Å². The molecule has 7 heteroatoms. The van der Waals surface area contributed by atoms with E-state index < -0.39 is 10.0 Å². The molecule has 1 unspecified atom stereocenters. The largest absolute Gasteiger partial charge is 0.497 e. The van der Waals surface area contributed by atoms with Crippen LogP contribution in [0.4, 0.5) is 5.69 Å². The highest BCUT2D eigenvalue weighted by Crippen LogP contribution is 2.23. The molecule has 0 radical (unpaired) electrons. The Morgan fingerprint density at radius 2 is 2.17 bits per heavy atom. The molecule has 0 aliphatic heterocycles. The van der Waals surface area contributed by atoms with Crippen molar-refractivity contribution in [2.75, 3.05) is 24.9 Å². The zero-order valence-electron chi connectivity index (χ0n) is 10.6. The smallest absolute Gasteiger partial charge is 0.242 e. The maximum atomic E-state index is 12.1. The third-order valence-electron chi connectivity index (χ3n) is 2.28. The maximum Gasteiger partial charge on any atom is 0.242 e. The first-order chi connectivity index (χ1) is 8.40. The molecule has 1 aromatic carbocycles. The predicted octanol–water partition coefficient (Wildman–Crippen LogP) is 1.31. The Kier molecular flexibility index (Phi) is 5.30. The van der Waals surface area contributed by atoms with Gasteiger partial charge in [0, 0.05) is 17.9 Å². The van der Waals surface area contributed by atoms with Crippen molar-refractivity contribution in [1.82, 2.24) is 4.72 Å². The SMILES string of the molecule is COc1ccc(S(=O)(=O)NC(C)CSC)c(N)c1. The van der Waals surface area contributed by atoms with Crippen molar-refractivity contribution in [3.8, 4) is 5.75 Å². The normalized spacial score (nSPS) is 13.3. The van der Waals surface area contributed by atoms with Crippen molar-refractivity contribution in [2.24, 2.45) is 0 Å². The lowest BCUT2D eigenvalue weighted by Crippen LogP contribution is -2.34. The molecule has 0 bridgehead atoms. The molecule has 1 rings (SSSR count). The van der Waals surface area contributed by atoms with Crippen LogP contribution in [0.5, 0.6) is 5.75 Å². The highest BCUT2D eigenvalue weighted by Gasteiger charge is 2.20. The summed E-state index contributed by atoms with van der Waals surface area (Å²) in [6, 6.07) is 4.37. The summed E-state index contributed by atoms with van der Waals surface area (Å²) in [7, 11) is -2.08. The Morgan fingerprint density at radius 3 is 2.67 bits per heavy atom. The van der Waals surface area contributed by atoms with E-state index in [2.05, 4.69) is 4.72 Å². The number of thioether (sulfide) groups is 1. The van der Waals surface area contributed by atoms with Gasteiger partial charge in [0.2, 0.25) is 10.0 Å². The number of nitrogens with one attached hydrogen (secondary N) is 1. The van der Waals surface area contributed by atoms with Gasteiger partial charge in [-0.3, -0.25) is 0 Å². The van der Waals surface area contributed by atoms with Gasteiger partial charge < -0.3 is 10.5 Å². The molecule has 1 atom stereocenters. The summed E-state index contributed by atoms with van der Waals surface area (Å²) in [6.45, 7) is 1.81. The topological polar surface area (TPSA) is 81.4 Å². The quantitative estimate of drug-likeness (QED) is 0.772. The van der Waals surface area contributed by atoms with E-state index in [1.165, 1.54) is 19.2 Å². The van der Waals surface area contributed by atoms with Gasteiger partial charge >= 0.3 is 0 Å². The average molecular weight is 290 g/mol. The summed E-state index contributed by atoms with van der Waals surface area (Å²) in [6.07, 6.45) is 1.92. The first kappa shape index (κ1) is 15.1. The second kappa shape index (κ2) is 6.31. The first-order valence-corrected chi connectivity index (χ1v) is 8.23. The fourth-order valence-electron chi connectivity index (χ4n) is 1.51. The number of methoxy groups -OCH3 is 1. The molecular formula is C11H18N2O3S2. The van der Waals surface area contributed by atoms with Gasteiger partial charge in [-0.25, -0.2) is 13.1 Å². The van der Waals surface area contributed by atoms with E-state index in [-0.39, 0.29) is 16.6 Å². The minimum Gasteiger partial charge on any atom is -0.497 e. The zero-order chi connectivity index (χ0) is 13.8. The second-order valence-electron chi connectivity index (χ2n) is 3.88. The summed E-state index contributed by atoms with van der Waals surface area (Å²) < 4.78 is 31.8. The summed E-state index contributed by atoms with van der Waals surface area (Å²) in [5.74, 6) is 1.23. The van der Waals surface area contributed by atoms with Crippen molar-refractivity contribution in [1.29, 1.82) is 0 Å². The Hall–Kier alpha value is -0.920. The van der Waals surface area contributed by atoms with Crippen LogP contribution in [0.25, 0.3) is 0 Å². The average Bonchev–Trinajstić information content (AvgIpc) is 2.27. The van der Waals surface area contributed by atoms with Crippen LogP contribution in [0, 0.1) is 0 Å². The van der Waals surface area contributed by atoms with Crippen molar-refractivity contribution in [3.63, 3.8) is 0 Å². The van der Waals surface area contributed by atoms with E-state index in [1.54, 1.807) is 17.8 Å². The third kappa shape index (κ3) is 3.79. The minimum absolute atomic E-state index is 0.0799. The summed E-state index contributed by atoms with van der Waals surface area (Å²) in [5.41, 5.74) is 5.91. The molecule has 0 saturated heterocycles. The first-order valence-electron chi connectivity index (χ1n) is 5.35. The number of anilines is 1. The summed E-state index contributed by atoms with van der Waals surface area (Å²) in [4.78, 5) is 0.0799. The van der Waals surface area contributed by atoms with E-state index in [4.69, 9.17) is 10.5 Å². The third-order valence-corrected chi connectivity index (χ3v) is 4.78. The molecule has 0 aliphatic carbocycles. The molecule has 0 spiro atoms. The van der Waals surface area contributed by atoms with Gasteiger partial charge in [-0.15, -0.1) is 0 Å². The van der Waals surface area contributed by atoms with Gasteiger partial charge in [-0.05, 0) is 25.3 Å². The molecule has 0 aliphatic rings. The van der Waals surface area contributed by atoms with Gasteiger partial charge in [-0.2, -0.15) is 11.8 Å². The Labute approximate surface area is 112 Å². The van der Waals surface area contributed by atoms with Gasteiger partial charge in [0.25, 0.3) is 0 Å². The van der Waals surface area contributed by atoms with Crippen LogP contribution >= 0.6 is 11.8 Å². The molecule has 0 fully saturated rings. The number of benzene rings is 1. The van der Waals surface area contributed by atoms with E-state index in [0.717, 1.165) is 0 Å². The van der Waals surface area contributed by atoms with Crippen molar-refractivity contribution in [2.45, 2.75) is 17.9 Å². The Bertz CT molecular complexity index is 503. The van der Waals surface area contributed by atoms with Crippen LogP contribution < -0.4 is 15.2 Å². The molecule has 1 aromatic rings. The zero-order valence-corrected chi connectivity index (χ0v) is 12.3. The van der Waals surface area contributed by atoms with Crippen molar-refractivity contribution < 1.29 is 13.2 Å². The molecule has 3 N–H and O–H groups in total. The number of hydrogen-bond donors (Lipinski definition) is 2. The van der Waals surface area contributed by atoms with E-state index in [1.807, 2.05) is 13.2 Å². The molecular weight excluding hydrogens is 272 g/mol. The molecule has 0 amide bonds. The number of nitrogens with two attached hydrogens (primary N) is 1. The lowest BCUT2D eigenvalue weighted by Gasteiger charge is -2.14. The van der Waals surface area contributed by atoms with Crippen LogP contribution in [0.15, 0.2) is 23.1 Å². The fourth-order valence-corrected chi connectivity index (χ4v) is 3.56. The number of hydrogen-bond acceptors (Lipinski definition) is 5. The molecule has 0 heterocycles. The van der Waals surface area contributed by atoms with E-state index in [0.29, 0.717) is 11.5 Å². The van der Waals surface area contributed by atoms with Crippen LogP contribution in [-0.2, 0) is 10.0 Å². The highest BCUT2D eigenvalue weighted by atomic mass is 32.2.